The fraction of sp³-hybridized carbons (Fsp3) is 0.172. The Morgan fingerprint density at radius 3 is 2.32 bits per heavy atom. The fourth-order valence-electron chi connectivity index (χ4n) is 3.73. The van der Waals surface area contributed by atoms with Gasteiger partial charge in [0, 0.05) is 16.9 Å². The molecule has 0 aliphatic carbocycles. The number of ether oxygens (including phenoxy) is 1. The van der Waals surface area contributed by atoms with Crippen LogP contribution in [0.2, 0.25) is 0 Å². The highest BCUT2D eigenvalue weighted by molar-refractivity contribution is 6.48. The maximum Gasteiger partial charge on any atom is 0.338 e. The van der Waals surface area contributed by atoms with Crippen molar-refractivity contribution in [2.24, 2.45) is 0 Å². The predicted octanol–water partition coefficient (Wildman–Crippen LogP) is 5.33. The third-order valence-corrected chi connectivity index (χ3v) is 6.15. The number of nitrogens with one attached hydrogen (secondary N) is 2. The number of carbonyl (C=O) groups is 4. The van der Waals surface area contributed by atoms with Crippen molar-refractivity contribution in [3.8, 4) is 0 Å². The molecule has 1 aliphatic rings. The fourth-order valence-corrected chi connectivity index (χ4v) is 3.96. The summed E-state index contributed by atoms with van der Waals surface area (Å²) in [6.45, 7) is 2.47. The maximum atomic E-state index is 12.9. The van der Waals surface area contributed by atoms with Gasteiger partial charge in [0.25, 0.3) is 17.7 Å². The number of nitrogens with zero attached hydrogens (tertiary/aromatic N) is 1. The summed E-state index contributed by atoms with van der Waals surface area (Å²) in [7, 11) is 0. The number of anilines is 2. The summed E-state index contributed by atoms with van der Waals surface area (Å²) < 4.78 is 5.19. The second-order valence-corrected chi connectivity index (χ2v) is 8.98. The maximum absolute atomic E-state index is 12.9. The number of amides is 3. The van der Waals surface area contributed by atoms with E-state index in [0.717, 1.165) is 23.3 Å². The molecular formula is C29H26ClN3O5. The molecule has 0 aromatic heterocycles. The summed E-state index contributed by atoms with van der Waals surface area (Å²) in [4.78, 5) is 51.5. The van der Waals surface area contributed by atoms with E-state index in [-0.39, 0.29) is 17.3 Å². The van der Waals surface area contributed by atoms with Gasteiger partial charge >= 0.3 is 5.97 Å². The van der Waals surface area contributed by atoms with Crippen LogP contribution in [0.25, 0.3) is 0 Å². The Bertz CT molecular complexity index is 1390. The molecule has 38 heavy (non-hydrogen) atoms. The first kappa shape index (κ1) is 26.6. The molecule has 9 heteroatoms. The van der Waals surface area contributed by atoms with Gasteiger partial charge in [-0.15, -0.1) is 0 Å². The first-order valence-electron chi connectivity index (χ1n) is 12.1. The van der Waals surface area contributed by atoms with Gasteiger partial charge in [0.05, 0.1) is 18.7 Å². The summed E-state index contributed by atoms with van der Waals surface area (Å²) in [6, 6.07) is 22.0. The third-order valence-electron chi connectivity index (χ3n) is 5.80. The van der Waals surface area contributed by atoms with Crippen LogP contribution in [0.3, 0.4) is 0 Å². The Kier molecular flexibility index (Phi) is 8.55. The average molecular weight is 532 g/mol. The van der Waals surface area contributed by atoms with Crippen LogP contribution in [0, 0.1) is 0 Å². The summed E-state index contributed by atoms with van der Waals surface area (Å²) in [5.41, 5.74) is 2.36. The van der Waals surface area contributed by atoms with Crippen LogP contribution in [0.15, 0.2) is 89.6 Å². The molecule has 8 nitrogen and oxygen atoms in total. The summed E-state index contributed by atoms with van der Waals surface area (Å²) in [6.07, 6.45) is 1.73. The van der Waals surface area contributed by atoms with E-state index in [1.165, 1.54) is 0 Å². The molecule has 0 saturated carbocycles. The highest BCUT2D eigenvalue weighted by Gasteiger charge is 2.37. The molecular weight excluding hydrogens is 506 g/mol. The first-order valence-corrected chi connectivity index (χ1v) is 12.5. The Labute approximate surface area is 225 Å². The highest BCUT2D eigenvalue weighted by atomic mass is 35.5. The number of rotatable bonds is 10. The summed E-state index contributed by atoms with van der Waals surface area (Å²) >= 11 is 6.21. The van der Waals surface area contributed by atoms with Crippen molar-refractivity contribution >= 4 is 46.7 Å². The molecule has 0 spiro atoms. The van der Waals surface area contributed by atoms with E-state index in [1.54, 1.807) is 48.5 Å². The molecule has 0 bridgehead atoms. The Morgan fingerprint density at radius 1 is 0.868 bits per heavy atom. The van der Waals surface area contributed by atoms with Gasteiger partial charge < -0.3 is 15.4 Å². The molecule has 194 valence electrons. The minimum absolute atomic E-state index is 0.0495. The molecule has 2 N–H and O–H groups in total. The van der Waals surface area contributed by atoms with Crippen LogP contribution in [-0.2, 0) is 20.9 Å². The number of carbonyl (C=O) groups excluding carboxylic acids is 4. The normalized spacial score (nSPS) is 13.1. The van der Waals surface area contributed by atoms with E-state index in [1.807, 2.05) is 37.3 Å². The first-order chi connectivity index (χ1) is 18.4. The van der Waals surface area contributed by atoms with Crippen LogP contribution < -0.4 is 10.6 Å². The van der Waals surface area contributed by atoms with Crippen molar-refractivity contribution in [2.75, 3.05) is 17.2 Å². The van der Waals surface area contributed by atoms with Crippen LogP contribution in [0.4, 0.5) is 11.4 Å². The van der Waals surface area contributed by atoms with Crippen molar-refractivity contribution in [3.63, 3.8) is 0 Å². The standard InChI is InChI=1S/C29H26ClN3O5/c1-2-3-16-38-29(37)20-12-14-22(15-13-20)32-26(34)21-10-7-11-23(17-21)31-25-24(30)27(35)33(28(25)36)18-19-8-5-4-6-9-19/h4-15,17,31H,2-3,16,18H2,1H3,(H,32,34). The Morgan fingerprint density at radius 2 is 1.61 bits per heavy atom. The zero-order valence-electron chi connectivity index (χ0n) is 20.7. The molecule has 1 aliphatic heterocycles. The highest BCUT2D eigenvalue weighted by Crippen LogP contribution is 2.27. The van der Waals surface area contributed by atoms with Crippen LogP contribution in [0.5, 0.6) is 0 Å². The molecule has 3 aromatic rings. The number of unbranched alkanes of at least 4 members (excludes halogenated alkanes) is 1. The topological polar surface area (TPSA) is 105 Å². The molecule has 0 atom stereocenters. The van der Waals surface area contributed by atoms with E-state index in [0.29, 0.717) is 29.1 Å². The van der Waals surface area contributed by atoms with Crippen LogP contribution in [-0.4, -0.2) is 35.2 Å². The smallest absolute Gasteiger partial charge is 0.338 e. The Hall–Kier alpha value is -4.43. The van der Waals surface area contributed by atoms with Gasteiger partial charge in [0.15, 0.2) is 0 Å². The van der Waals surface area contributed by atoms with Crippen molar-refractivity contribution in [2.45, 2.75) is 26.3 Å². The largest absolute Gasteiger partial charge is 0.462 e. The number of esters is 1. The zero-order chi connectivity index (χ0) is 27.1. The second-order valence-electron chi connectivity index (χ2n) is 8.60. The number of hydrogen-bond acceptors (Lipinski definition) is 6. The number of hydrogen-bond donors (Lipinski definition) is 2. The van der Waals surface area contributed by atoms with Gasteiger partial charge in [-0.05, 0) is 54.4 Å². The molecule has 0 saturated heterocycles. The molecule has 4 rings (SSSR count). The van der Waals surface area contributed by atoms with Gasteiger partial charge in [-0.25, -0.2) is 4.79 Å². The summed E-state index contributed by atoms with van der Waals surface area (Å²) in [5.74, 6) is -1.95. The Balaban J connectivity index is 1.40. The average Bonchev–Trinajstić information content (AvgIpc) is 3.13. The zero-order valence-corrected chi connectivity index (χ0v) is 21.5. The second kappa shape index (κ2) is 12.2. The van der Waals surface area contributed by atoms with Crippen molar-refractivity contribution in [1.82, 2.24) is 4.90 Å². The monoisotopic (exact) mass is 531 g/mol. The van der Waals surface area contributed by atoms with E-state index in [9.17, 15) is 19.2 Å². The minimum atomic E-state index is -0.588. The van der Waals surface area contributed by atoms with Gasteiger partial charge in [-0.3, -0.25) is 19.3 Å². The number of imide groups is 1. The molecule has 3 aromatic carbocycles. The number of benzene rings is 3. The van der Waals surface area contributed by atoms with Gasteiger partial charge in [0.2, 0.25) is 0 Å². The van der Waals surface area contributed by atoms with E-state index >= 15 is 0 Å². The minimum Gasteiger partial charge on any atom is -0.462 e. The van der Waals surface area contributed by atoms with E-state index < -0.39 is 23.7 Å². The summed E-state index contributed by atoms with van der Waals surface area (Å²) in [5, 5.41) is 5.45. The number of halogens is 1. The molecule has 0 fully saturated rings. The molecule has 1 heterocycles. The SMILES string of the molecule is CCCCOC(=O)c1ccc(NC(=O)c2cccc(NC3=C(Cl)C(=O)N(Cc4ccccc4)C3=O)c2)cc1. The predicted molar refractivity (Wildman–Crippen MR) is 145 cm³/mol. The van der Waals surface area contributed by atoms with Gasteiger partial charge in [-0.2, -0.15) is 0 Å². The van der Waals surface area contributed by atoms with Crippen LogP contribution >= 0.6 is 11.6 Å². The molecule has 3 amide bonds. The lowest BCUT2D eigenvalue weighted by Crippen LogP contribution is -2.31. The van der Waals surface area contributed by atoms with Gasteiger partial charge in [0.1, 0.15) is 10.7 Å². The van der Waals surface area contributed by atoms with Crippen molar-refractivity contribution in [3.05, 3.63) is 106 Å². The van der Waals surface area contributed by atoms with E-state index in [2.05, 4.69) is 10.6 Å². The quantitative estimate of drug-likeness (QED) is 0.208. The lowest BCUT2D eigenvalue weighted by molar-refractivity contribution is -0.138. The van der Waals surface area contributed by atoms with Gasteiger partial charge in [-0.1, -0.05) is 61.3 Å². The van der Waals surface area contributed by atoms with Crippen molar-refractivity contribution < 1.29 is 23.9 Å². The lowest BCUT2D eigenvalue weighted by atomic mass is 10.1. The molecule has 0 unspecified atom stereocenters. The van der Waals surface area contributed by atoms with Crippen molar-refractivity contribution in [1.29, 1.82) is 0 Å². The van der Waals surface area contributed by atoms with E-state index in [4.69, 9.17) is 16.3 Å². The third kappa shape index (κ3) is 6.27. The molecule has 0 radical (unpaired) electrons. The van der Waals surface area contributed by atoms with Crippen LogP contribution in [0.1, 0.15) is 46.0 Å². The lowest BCUT2D eigenvalue weighted by Gasteiger charge is -2.15.